The molecule has 0 radical (unpaired) electrons. The lowest BCUT2D eigenvalue weighted by Crippen LogP contribution is -2.46. The minimum absolute atomic E-state index is 0.114. The second-order valence-electron chi connectivity index (χ2n) is 6.56. The molecule has 9 heteroatoms. The predicted molar refractivity (Wildman–Crippen MR) is 88.6 cm³/mol. The lowest BCUT2D eigenvalue weighted by molar-refractivity contribution is -0.141. The molecule has 2 rings (SSSR count). The summed E-state index contributed by atoms with van der Waals surface area (Å²) in [6.45, 7) is 3.90. The number of ether oxygens (including phenoxy) is 1. The number of hydrogen-bond acceptors (Lipinski definition) is 7. The van der Waals surface area contributed by atoms with Crippen molar-refractivity contribution in [3.05, 3.63) is 24.2 Å². The Morgan fingerprint density at radius 1 is 1.40 bits per heavy atom. The van der Waals surface area contributed by atoms with Crippen LogP contribution in [-0.2, 0) is 34.5 Å². The molecule has 2 atom stereocenters. The van der Waals surface area contributed by atoms with Crippen LogP contribution in [0.4, 0.5) is 0 Å². The smallest absolute Gasteiger partial charge is 0.406 e. The van der Waals surface area contributed by atoms with Gasteiger partial charge in [0, 0.05) is 18.3 Å². The number of esters is 1. The van der Waals surface area contributed by atoms with Crippen molar-refractivity contribution in [1.29, 1.82) is 0 Å². The number of carbonyl (C=O) groups is 2. The van der Waals surface area contributed by atoms with Gasteiger partial charge in [-0.05, 0) is 18.6 Å². The summed E-state index contributed by atoms with van der Waals surface area (Å²) in [5.74, 6) is -0.00354. The summed E-state index contributed by atoms with van der Waals surface area (Å²) < 4.78 is 33.4. The number of nitrogens with one attached hydrogen (secondary N) is 1. The number of furan rings is 1. The van der Waals surface area contributed by atoms with Crippen LogP contribution in [0.1, 0.15) is 38.9 Å². The molecule has 8 nitrogen and oxygen atoms in total. The molecule has 1 saturated heterocycles. The Bertz CT molecular complexity index is 641. The van der Waals surface area contributed by atoms with Gasteiger partial charge in [-0.2, -0.15) is 0 Å². The molecule has 25 heavy (non-hydrogen) atoms. The Morgan fingerprint density at radius 3 is 2.80 bits per heavy atom. The van der Waals surface area contributed by atoms with Gasteiger partial charge >= 0.3 is 13.7 Å². The van der Waals surface area contributed by atoms with Gasteiger partial charge in [0.05, 0.1) is 26.5 Å². The summed E-state index contributed by atoms with van der Waals surface area (Å²) in [7, 11) is -2.32. The highest BCUT2D eigenvalue weighted by Crippen LogP contribution is 2.53. The highest BCUT2D eigenvalue weighted by atomic mass is 31.2. The zero-order valence-electron chi connectivity index (χ0n) is 14.6. The van der Waals surface area contributed by atoms with E-state index in [4.69, 9.17) is 13.5 Å². The Morgan fingerprint density at radius 2 is 2.16 bits per heavy atom. The average Bonchev–Trinajstić information content (AvgIpc) is 3.09. The number of carbonyl (C=O) groups excluding carboxylic acids is 2. The van der Waals surface area contributed by atoms with Crippen molar-refractivity contribution in [2.24, 2.45) is 5.41 Å². The van der Waals surface area contributed by atoms with Crippen LogP contribution in [0.3, 0.4) is 0 Å². The molecule has 0 bridgehead atoms. The zero-order valence-corrected chi connectivity index (χ0v) is 15.5. The summed E-state index contributed by atoms with van der Waals surface area (Å²) in [4.78, 5) is 23.7. The summed E-state index contributed by atoms with van der Waals surface area (Å²) in [6.07, 6.45) is 1.27. The van der Waals surface area contributed by atoms with Gasteiger partial charge in [-0.3, -0.25) is 18.6 Å². The molecule has 0 saturated carbocycles. The van der Waals surface area contributed by atoms with Crippen LogP contribution in [0, 0.1) is 5.41 Å². The van der Waals surface area contributed by atoms with E-state index in [-0.39, 0.29) is 37.7 Å². The van der Waals surface area contributed by atoms with E-state index < -0.39 is 19.3 Å². The lowest BCUT2D eigenvalue weighted by atomic mass is 9.84. The molecule has 0 amide bonds. The van der Waals surface area contributed by atoms with Crippen LogP contribution >= 0.6 is 7.75 Å². The summed E-state index contributed by atoms with van der Waals surface area (Å²) in [6, 6.07) is 3.44. The highest BCUT2D eigenvalue weighted by Gasteiger charge is 2.47. The molecule has 1 aromatic rings. The molecule has 1 aromatic heterocycles. The molecule has 2 heterocycles. The molecule has 140 valence electrons. The Hall–Kier alpha value is -1.47. The molecule has 0 aromatic carbocycles. The summed E-state index contributed by atoms with van der Waals surface area (Å²) >= 11 is 0. The maximum absolute atomic E-state index is 12.7. The lowest BCUT2D eigenvalue weighted by Gasteiger charge is -2.40. The Balaban J connectivity index is 1.95. The molecule has 1 N–H and O–H groups in total. The minimum atomic E-state index is -3.62. The van der Waals surface area contributed by atoms with Crippen LogP contribution in [-0.4, -0.2) is 31.6 Å². The van der Waals surface area contributed by atoms with E-state index in [0.29, 0.717) is 12.2 Å². The van der Waals surface area contributed by atoms with Crippen LogP contribution < -0.4 is 5.09 Å². The van der Waals surface area contributed by atoms with Crippen LogP contribution in [0.25, 0.3) is 0 Å². The van der Waals surface area contributed by atoms with Crippen molar-refractivity contribution >= 4 is 19.5 Å². The van der Waals surface area contributed by atoms with E-state index in [2.05, 4.69) is 9.82 Å². The summed E-state index contributed by atoms with van der Waals surface area (Å²) in [5, 5.41) is 2.70. The molecule has 1 aliphatic heterocycles. The van der Waals surface area contributed by atoms with E-state index in [9.17, 15) is 14.2 Å². The second-order valence-corrected chi connectivity index (χ2v) is 8.34. The van der Waals surface area contributed by atoms with E-state index in [1.807, 2.05) is 13.8 Å². The first kappa shape index (κ1) is 19.8. The molecule has 1 fully saturated rings. The SMILES string of the molecule is COC(=O)CCCC(=O)[C@@H]1OP(=O)(NCc2ccco2)OCC1(C)C. The normalized spacial score (nSPS) is 25.5. The third-order valence-corrected chi connectivity index (χ3v) is 5.41. The van der Waals surface area contributed by atoms with Gasteiger partial charge in [0.25, 0.3) is 0 Å². The van der Waals surface area contributed by atoms with Gasteiger partial charge in [-0.25, -0.2) is 9.65 Å². The minimum Gasteiger partial charge on any atom is -0.469 e. The van der Waals surface area contributed by atoms with Crippen molar-refractivity contribution in [3.8, 4) is 0 Å². The number of Topliss-reactive ketones (excluding diaryl/α,β-unsaturated/α-hetero) is 1. The van der Waals surface area contributed by atoms with E-state index in [0.717, 1.165) is 0 Å². The average molecular weight is 373 g/mol. The molecule has 1 aliphatic rings. The van der Waals surface area contributed by atoms with Crippen molar-refractivity contribution in [2.45, 2.75) is 45.8 Å². The fourth-order valence-corrected chi connectivity index (χ4v) is 4.20. The Kier molecular flexibility index (Phi) is 6.57. The predicted octanol–water partition coefficient (Wildman–Crippen LogP) is 2.83. The third kappa shape index (κ3) is 5.51. The van der Waals surface area contributed by atoms with Crippen molar-refractivity contribution in [3.63, 3.8) is 0 Å². The highest BCUT2D eigenvalue weighted by molar-refractivity contribution is 7.51. The molecule has 0 spiro atoms. The van der Waals surface area contributed by atoms with Crippen molar-refractivity contribution in [1.82, 2.24) is 5.09 Å². The topological polar surface area (TPSA) is 104 Å². The summed E-state index contributed by atoms with van der Waals surface area (Å²) in [5.41, 5.74) is -0.622. The van der Waals surface area contributed by atoms with Crippen molar-refractivity contribution < 1.29 is 32.4 Å². The fraction of sp³-hybridized carbons (Fsp3) is 0.625. The van der Waals surface area contributed by atoms with E-state index in [1.165, 1.54) is 13.4 Å². The van der Waals surface area contributed by atoms with Gasteiger partial charge < -0.3 is 9.15 Å². The van der Waals surface area contributed by atoms with Gasteiger partial charge in [-0.15, -0.1) is 0 Å². The Labute approximate surface area is 146 Å². The molecular formula is C16H24NO7P. The monoisotopic (exact) mass is 373 g/mol. The van der Waals surface area contributed by atoms with Crippen LogP contribution in [0.15, 0.2) is 22.8 Å². The van der Waals surface area contributed by atoms with Gasteiger partial charge in [-0.1, -0.05) is 13.8 Å². The van der Waals surface area contributed by atoms with Gasteiger partial charge in [0.2, 0.25) is 0 Å². The third-order valence-electron chi connectivity index (χ3n) is 3.91. The van der Waals surface area contributed by atoms with E-state index >= 15 is 0 Å². The van der Waals surface area contributed by atoms with Crippen LogP contribution in [0.2, 0.25) is 0 Å². The van der Waals surface area contributed by atoms with Gasteiger partial charge in [0.15, 0.2) is 5.78 Å². The number of ketones is 1. The van der Waals surface area contributed by atoms with Crippen molar-refractivity contribution in [2.75, 3.05) is 13.7 Å². The number of hydrogen-bond donors (Lipinski definition) is 1. The van der Waals surface area contributed by atoms with Crippen LogP contribution in [0.5, 0.6) is 0 Å². The van der Waals surface area contributed by atoms with Gasteiger partial charge in [0.1, 0.15) is 11.9 Å². The number of methoxy groups -OCH3 is 1. The zero-order chi connectivity index (χ0) is 18.5. The fourth-order valence-electron chi connectivity index (χ4n) is 2.44. The standard InChI is InChI=1S/C16H24NO7P/c1-16(2)11-23-25(20,17-10-12-6-5-9-22-12)24-15(16)13(18)7-4-8-14(19)21-3/h5-6,9,15H,4,7-8,10-11H2,1-3H3,(H,17,20)/t15-,25?/m0/s1. The molecular weight excluding hydrogens is 349 g/mol. The molecule has 0 aliphatic carbocycles. The maximum Gasteiger partial charge on any atom is 0.406 e. The second kappa shape index (κ2) is 8.27. The quantitative estimate of drug-likeness (QED) is 0.548. The number of rotatable bonds is 8. The first-order valence-electron chi connectivity index (χ1n) is 8.06. The maximum atomic E-state index is 12.7. The first-order chi connectivity index (χ1) is 11.8. The van der Waals surface area contributed by atoms with E-state index in [1.54, 1.807) is 12.1 Å². The largest absolute Gasteiger partial charge is 0.469 e. The first-order valence-corrected chi connectivity index (χ1v) is 9.60. The molecule has 1 unspecified atom stereocenters.